The minimum absolute atomic E-state index is 0.104. The van der Waals surface area contributed by atoms with Gasteiger partial charge in [0, 0.05) is 5.56 Å². The van der Waals surface area contributed by atoms with E-state index in [4.69, 9.17) is 32.7 Å². The molecule has 0 aliphatic heterocycles. The first-order valence-electron chi connectivity index (χ1n) is 8.18. The lowest BCUT2D eigenvalue weighted by atomic mass is 10.0. The average Bonchev–Trinajstić information content (AvgIpc) is 2.69. The van der Waals surface area contributed by atoms with Crippen LogP contribution in [0.25, 0.3) is 6.08 Å². The highest BCUT2D eigenvalue weighted by atomic mass is 35.5. The Bertz CT molecular complexity index is 978. The van der Waals surface area contributed by atoms with Crippen molar-refractivity contribution in [3.63, 3.8) is 0 Å². The van der Waals surface area contributed by atoms with E-state index in [1.807, 2.05) is 6.07 Å². The fourth-order valence-corrected chi connectivity index (χ4v) is 2.91. The van der Waals surface area contributed by atoms with Crippen molar-refractivity contribution in [2.24, 2.45) is 0 Å². The minimum atomic E-state index is -0.605. The number of ether oxygens (including phenoxy) is 2. The zero-order chi connectivity index (χ0) is 20.7. The van der Waals surface area contributed by atoms with Gasteiger partial charge in [-0.3, -0.25) is 4.79 Å². The predicted octanol–water partition coefficient (Wildman–Crippen LogP) is 5.28. The Morgan fingerprint density at radius 2 is 2.04 bits per heavy atom. The first-order chi connectivity index (χ1) is 13.4. The van der Waals surface area contributed by atoms with Crippen LogP contribution in [0.1, 0.15) is 11.1 Å². The number of halogens is 2. The molecule has 2 rings (SSSR count). The van der Waals surface area contributed by atoms with Crippen molar-refractivity contribution in [2.45, 2.75) is 6.42 Å². The largest absolute Gasteiger partial charge is 0.493 e. The van der Waals surface area contributed by atoms with E-state index < -0.39 is 5.91 Å². The molecule has 2 aromatic rings. The molecule has 0 aromatic heterocycles. The fourth-order valence-electron chi connectivity index (χ4n) is 2.56. The van der Waals surface area contributed by atoms with Crippen molar-refractivity contribution in [1.29, 1.82) is 5.26 Å². The molecule has 0 aliphatic carbocycles. The summed E-state index contributed by atoms with van der Waals surface area (Å²) in [7, 11) is 3.06. The average molecular weight is 417 g/mol. The van der Waals surface area contributed by atoms with Crippen molar-refractivity contribution < 1.29 is 14.3 Å². The molecule has 0 fully saturated rings. The quantitative estimate of drug-likeness (QED) is 0.378. The summed E-state index contributed by atoms with van der Waals surface area (Å²) in [5.41, 5.74) is 1.64. The molecule has 5 nitrogen and oxygen atoms in total. The van der Waals surface area contributed by atoms with Crippen LogP contribution in [-0.4, -0.2) is 20.1 Å². The van der Waals surface area contributed by atoms with Gasteiger partial charge in [0.2, 0.25) is 0 Å². The van der Waals surface area contributed by atoms with Gasteiger partial charge in [0.1, 0.15) is 11.6 Å². The SMILES string of the molecule is C=CCc1cc(/C=C(/C#N)C(=O)Nc2cccc(Cl)c2Cl)cc(OC)c1OC. The van der Waals surface area contributed by atoms with Crippen LogP contribution in [0.3, 0.4) is 0 Å². The van der Waals surface area contributed by atoms with Crippen LogP contribution in [0.4, 0.5) is 5.69 Å². The van der Waals surface area contributed by atoms with Crippen LogP contribution in [0.5, 0.6) is 11.5 Å². The van der Waals surface area contributed by atoms with Crippen molar-refractivity contribution in [2.75, 3.05) is 19.5 Å². The van der Waals surface area contributed by atoms with Gasteiger partial charge < -0.3 is 14.8 Å². The third-order valence-corrected chi connectivity index (χ3v) is 4.64. The number of anilines is 1. The third kappa shape index (κ3) is 4.86. The van der Waals surface area contributed by atoms with E-state index in [1.165, 1.54) is 13.2 Å². The van der Waals surface area contributed by atoms with Crippen LogP contribution >= 0.6 is 23.2 Å². The first-order valence-corrected chi connectivity index (χ1v) is 8.93. The number of methoxy groups -OCH3 is 2. The monoisotopic (exact) mass is 416 g/mol. The zero-order valence-corrected chi connectivity index (χ0v) is 16.9. The second-order valence-electron chi connectivity index (χ2n) is 5.63. The van der Waals surface area contributed by atoms with Gasteiger partial charge in [0.05, 0.1) is 30.0 Å². The molecule has 144 valence electrons. The highest BCUT2D eigenvalue weighted by molar-refractivity contribution is 6.44. The van der Waals surface area contributed by atoms with E-state index in [0.717, 1.165) is 5.56 Å². The number of amides is 1. The maximum Gasteiger partial charge on any atom is 0.266 e. The summed E-state index contributed by atoms with van der Waals surface area (Å²) in [6.45, 7) is 3.73. The smallest absolute Gasteiger partial charge is 0.266 e. The molecular weight excluding hydrogens is 399 g/mol. The molecule has 7 heteroatoms. The topological polar surface area (TPSA) is 71.4 Å². The Labute approximate surface area is 173 Å². The third-order valence-electron chi connectivity index (χ3n) is 3.82. The molecule has 0 bridgehead atoms. The lowest BCUT2D eigenvalue weighted by Gasteiger charge is -2.13. The number of benzene rings is 2. The highest BCUT2D eigenvalue weighted by Gasteiger charge is 2.15. The summed E-state index contributed by atoms with van der Waals surface area (Å²) in [6, 6.07) is 10.2. The first kappa shape index (κ1) is 21.4. The van der Waals surface area contributed by atoms with Gasteiger partial charge in [-0.05, 0) is 42.3 Å². The summed E-state index contributed by atoms with van der Waals surface area (Å²) in [4.78, 5) is 12.5. The summed E-state index contributed by atoms with van der Waals surface area (Å²) < 4.78 is 10.8. The van der Waals surface area contributed by atoms with Crippen molar-refractivity contribution in [3.05, 3.63) is 69.7 Å². The normalized spacial score (nSPS) is 10.8. The van der Waals surface area contributed by atoms with E-state index in [1.54, 1.807) is 43.5 Å². The Kier molecular flexibility index (Phi) is 7.51. The molecule has 0 heterocycles. The summed E-state index contributed by atoms with van der Waals surface area (Å²) in [6.07, 6.45) is 3.72. The molecule has 1 amide bonds. The molecular formula is C21H18Cl2N2O3. The van der Waals surface area contributed by atoms with Crippen LogP contribution in [0.2, 0.25) is 10.0 Å². The highest BCUT2D eigenvalue weighted by Crippen LogP contribution is 2.34. The maximum atomic E-state index is 12.5. The zero-order valence-electron chi connectivity index (χ0n) is 15.4. The van der Waals surface area contributed by atoms with Gasteiger partial charge in [-0.1, -0.05) is 35.3 Å². The Morgan fingerprint density at radius 1 is 1.29 bits per heavy atom. The van der Waals surface area contributed by atoms with Crippen LogP contribution in [0.15, 0.2) is 48.6 Å². The van der Waals surface area contributed by atoms with Gasteiger partial charge in [0.25, 0.3) is 5.91 Å². The summed E-state index contributed by atoms with van der Waals surface area (Å²) >= 11 is 12.0. The van der Waals surface area contributed by atoms with Crippen LogP contribution < -0.4 is 14.8 Å². The van der Waals surface area contributed by atoms with E-state index in [9.17, 15) is 10.1 Å². The van der Waals surface area contributed by atoms with E-state index in [0.29, 0.717) is 34.2 Å². The summed E-state index contributed by atoms with van der Waals surface area (Å²) in [5, 5.41) is 12.5. The molecule has 0 aliphatic rings. The van der Waals surface area contributed by atoms with Gasteiger partial charge >= 0.3 is 0 Å². The number of allylic oxidation sites excluding steroid dienone is 1. The lowest BCUT2D eigenvalue weighted by molar-refractivity contribution is -0.112. The number of nitrogens with zero attached hydrogens (tertiary/aromatic N) is 1. The number of carbonyl (C=O) groups is 1. The Balaban J connectivity index is 2.41. The summed E-state index contributed by atoms with van der Waals surface area (Å²) in [5.74, 6) is 0.462. The maximum absolute atomic E-state index is 12.5. The molecule has 0 radical (unpaired) electrons. The second-order valence-corrected chi connectivity index (χ2v) is 6.42. The number of nitrogens with one attached hydrogen (secondary N) is 1. The Morgan fingerprint density at radius 3 is 2.64 bits per heavy atom. The minimum Gasteiger partial charge on any atom is -0.493 e. The van der Waals surface area contributed by atoms with Crippen molar-refractivity contribution in [1.82, 2.24) is 0 Å². The van der Waals surface area contributed by atoms with Gasteiger partial charge in [-0.15, -0.1) is 6.58 Å². The molecule has 0 atom stereocenters. The molecule has 0 spiro atoms. The van der Waals surface area contributed by atoms with Crippen LogP contribution in [0, 0.1) is 11.3 Å². The molecule has 0 saturated carbocycles. The standard InChI is InChI=1S/C21H18Cl2N2O3/c1-4-6-14-9-13(11-18(27-2)20(14)28-3)10-15(12-24)21(26)25-17-8-5-7-16(22)19(17)23/h4-5,7-11H,1,6H2,2-3H3,(H,25,26)/b15-10-. The molecule has 2 aromatic carbocycles. The number of carbonyl (C=O) groups excluding carboxylic acids is 1. The van der Waals surface area contributed by atoms with E-state index in [2.05, 4.69) is 11.9 Å². The van der Waals surface area contributed by atoms with Gasteiger partial charge in [-0.25, -0.2) is 0 Å². The Hall–Kier alpha value is -2.94. The lowest BCUT2D eigenvalue weighted by Crippen LogP contribution is -2.13. The number of hydrogen-bond donors (Lipinski definition) is 1. The van der Waals surface area contributed by atoms with Gasteiger partial charge in [-0.2, -0.15) is 5.26 Å². The predicted molar refractivity (Wildman–Crippen MR) is 112 cm³/mol. The molecule has 0 saturated heterocycles. The number of hydrogen-bond acceptors (Lipinski definition) is 4. The van der Waals surface area contributed by atoms with Gasteiger partial charge in [0.15, 0.2) is 11.5 Å². The van der Waals surface area contributed by atoms with Crippen molar-refractivity contribution in [3.8, 4) is 17.6 Å². The van der Waals surface area contributed by atoms with E-state index >= 15 is 0 Å². The molecule has 0 unspecified atom stereocenters. The van der Waals surface area contributed by atoms with Crippen molar-refractivity contribution >= 4 is 40.9 Å². The number of rotatable bonds is 7. The van der Waals surface area contributed by atoms with Crippen LogP contribution in [-0.2, 0) is 11.2 Å². The molecule has 28 heavy (non-hydrogen) atoms. The number of nitriles is 1. The van der Waals surface area contributed by atoms with E-state index in [-0.39, 0.29) is 10.6 Å². The molecule has 1 N–H and O–H groups in total. The fraction of sp³-hybridized carbons (Fsp3) is 0.143. The second kappa shape index (κ2) is 9.84.